The Hall–Kier alpha value is -3.73. The summed E-state index contributed by atoms with van der Waals surface area (Å²) in [5.74, 6) is -0.253. The number of nitrogens with zero attached hydrogens (tertiary/aromatic N) is 6. The lowest BCUT2D eigenvalue weighted by atomic mass is 10.1. The molecule has 0 bridgehead atoms. The first-order chi connectivity index (χ1) is 16.6. The van der Waals surface area contributed by atoms with E-state index in [0.717, 1.165) is 22.3 Å². The predicted octanol–water partition coefficient (Wildman–Crippen LogP) is 2.52. The van der Waals surface area contributed by atoms with Gasteiger partial charge in [-0.15, -0.1) is 12.4 Å². The van der Waals surface area contributed by atoms with Gasteiger partial charge in [0.1, 0.15) is 11.3 Å². The molecular formula is C24H26ClN7O3. The Morgan fingerprint density at radius 1 is 1.14 bits per heavy atom. The summed E-state index contributed by atoms with van der Waals surface area (Å²) in [6, 6.07) is 13.2. The SMILES string of the molecule is CCc1nn(Cc2ccnn2CC(O)CO)c2cccc(NC(=O)c3cnc4ccccn34)c12.Cl. The summed E-state index contributed by atoms with van der Waals surface area (Å²) in [6.07, 6.45) is 4.84. The molecule has 0 spiro atoms. The molecule has 0 aliphatic carbocycles. The molecule has 3 N–H and O–H groups in total. The molecule has 1 amide bonds. The highest BCUT2D eigenvalue weighted by Gasteiger charge is 2.18. The molecule has 0 fully saturated rings. The minimum absolute atomic E-state index is 0. The number of aromatic nitrogens is 6. The highest BCUT2D eigenvalue weighted by molar-refractivity contribution is 6.08. The van der Waals surface area contributed by atoms with Crippen molar-refractivity contribution in [1.29, 1.82) is 0 Å². The number of fused-ring (bicyclic) bond motifs is 2. The molecule has 182 valence electrons. The molecular weight excluding hydrogens is 470 g/mol. The highest BCUT2D eigenvalue weighted by Crippen LogP contribution is 2.28. The van der Waals surface area contributed by atoms with Gasteiger partial charge in [-0.05, 0) is 36.8 Å². The number of aryl methyl sites for hydroxylation is 1. The van der Waals surface area contributed by atoms with Gasteiger partial charge in [0.25, 0.3) is 5.91 Å². The van der Waals surface area contributed by atoms with Gasteiger partial charge in [0.2, 0.25) is 0 Å². The van der Waals surface area contributed by atoms with Crippen molar-refractivity contribution in [1.82, 2.24) is 28.9 Å². The minimum atomic E-state index is -0.888. The molecule has 0 aliphatic heterocycles. The number of amides is 1. The molecule has 1 unspecified atom stereocenters. The summed E-state index contributed by atoms with van der Waals surface area (Å²) in [7, 11) is 0. The second-order valence-corrected chi connectivity index (χ2v) is 8.03. The van der Waals surface area contributed by atoms with Crippen LogP contribution in [-0.4, -0.2) is 57.8 Å². The molecule has 4 heterocycles. The Labute approximate surface area is 207 Å². The zero-order chi connectivity index (χ0) is 23.7. The van der Waals surface area contributed by atoms with Gasteiger partial charge in [-0.2, -0.15) is 10.2 Å². The third kappa shape index (κ3) is 4.63. The van der Waals surface area contributed by atoms with Crippen molar-refractivity contribution in [2.75, 3.05) is 11.9 Å². The standard InChI is InChI=1S/C24H25N7O3.ClH/c1-2-18-23-19(27-24(34)21-12-25-22-8-3-4-11-29(21)22)6-5-7-20(23)31(28-18)13-16-9-10-26-30(16)14-17(33)15-32;/h3-12,17,32-33H,2,13-15H2,1H3,(H,27,34);1H. The number of pyridine rings is 1. The molecule has 0 aliphatic rings. The number of rotatable bonds is 8. The molecule has 0 radical (unpaired) electrons. The Kier molecular flexibility index (Phi) is 7.15. The smallest absolute Gasteiger partial charge is 0.274 e. The number of hydrogen-bond acceptors (Lipinski definition) is 6. The fourth-order valence-electron chi connectivity index (χ4n) is 4.14. The normalized spacial score (nSPS) is 12.1. The maximum atomic E-state index is 13.1. The first-order valence-corrected chi connectivity index (χ1v) is 11.1. The van der Waals surface area contributed by atoms with E-state index < -0.39 is 6.10 Å². The van der Waals surface area contributed by atoms with Crippen LogP contribution in [0.25, 0.3) is 16.6 Å². The second-order valence-electron chi connectivity index (χ2n) is 8.03. The monoisotopic (exact) mass is 495 g/mol. The average Bonchev–Trinajstić information content (AvgIpc) is 3.57. The van der Waals surface area contributed by atoms with Crippen LogP contribution in [-0.2, 0) is 19.5 Å². The molecule has 0 saturated carbocycles. The first-order valence-electron chi connectivity index (χ1n) is 11.1. The van der Waals surface area contributed by atoms with Crippen molar-refractivity contribution < 1.29 is 15.0 Å². The van der Waals surface area contributed by atoms with E-state index in [1.807, 2.05) is 60.3 Å². The number of nitrogens with one attached hydrogen (secondary N) is 1. The van der Waals surface area contributed by atoms with Crippen LogP contribution in [0.15, 0.2) is 61.1 Å². The Morgan fingerprint density at radius 3 is 2.80 bits per heavy atom. The molecule has 35 heavy (non-hydrogen) atoms. The Morgan fingerprint density at radius 2 is 2.00 bits per heavy atom. The fraction of sp³-hybridized carbons (Fsp3) is 0.250. The molecule has 5 aromatic rings. The fourth-order valence-corrected chi connectivity index (χ4v) is 4.14. The van der Waals surface area contributed by atoms with E-state index in [1.165, 1.54) is 0 Å². The van der Waals surface area contributed by atoms with Gasteiger partial charge in [-0.3, -0.25) is 18.6 Å². The maximum absolute atomic E-state index is 13.1. The second kappa shape index (κ2) is 10.3. The van der Waals surface area contributed by atoms with E-state index >= 15 is 0 Å². The van der Waals surface area contributed by atoms with Gasteiger partial charge in [0.05, 0.1) is 54.6 Å². The zero-order valence-corrected chi connectivity index (χ0v) is 19.9. The first kappa shape index (κ1) is 24.4. The third-order valence-electron chi connectivity index (χ3n) is 5.79. The number of anilines is 1. The van der Waals surface area contributed by atoms with Gasteiger partial charge in [-0.1, -0.05) is 19.1 Å². The molecule has 1 atom stereocenters. The number of hydrogen-bond donors (Lipinski definition) is 3. The van der Waals surface area contributed by atoms with Gasteiger partial charge in [-0.25, -0.2) is 4.98 Å². The van der Waals surface area contributed by atoms with Crippen molar-refractivity contribution in [3.8, 4) is 0 Å². The number of aliphatic hydroxyl groups excluding tert-OH is 2. The highest BCUT2D eigenvalue weighted by atomic mass is 35.5. The van der Waals surface area contributed by atoms with Crippen LogP contribution >= 0.6 is 12.4 Å². The Balaban J connectivity index is 0.00000289. The van der Waals surface area contributed by atoms with Crippen LogP contribution in [0.3, 0.4) is 0 Å². The van der Waals surface area contributed by atoms with Crippen LogP contribution in [0, 0.1) is 0 Å². The topological polar surface area (TPSA) is 123 Å². The van der Waals surface area contributed by atoms with Crippen LogP contribution in [0.4, 0.5) is 5.69 Å². The van der Waals surface area contributed by atoms with Crippen molar-refractivity contribution in [2.24, 2.45) is 0 Å². The minimum Gasteiger partial charge on any atom is -0.394 e. The van der Waals surface area contributed by atoms with Crippen molar-refractivity contribution >= 4 is 40.6 Å². The number of imidazole rings is 1. The van der Waals surface area contributed by atoms with Crippen molar-refractivity contribution in [3.63, 3.8) is 0 Å². The summed E-state index contributed by atoms with van der Waals surface area (Å²) in [6.45, 7) is 2.31. The number of carbonyl (C=O) groups is 1. The third-order valence-corrected chi connectivity index (χ3v) is 5.79. The maximum Gasteiger partial charge on any atom is 0.274 e. The number of halogens is 1. The number of aliphatic hydroxyl groups is 2. The van der Waals surface area contributed by atoms with Crippen LogP contribution in [0.2, 0.25) is 0 Å². The van der Waals surface area contributed by atoms with Crippen molar-refractivity contribution in [3.05, 3.63) is 78.1 Å². The van der Waals surface area contributed by atoms with E-state index in [9.17, 15) is 15.0 Å². The lowest BCUT2D eigenvalue weighted by Crippen LogP contribution is -2.22. The van der Waals surface area contributed by atoms with E-state index in [-0.39, 0.29) is 31.5 Å². The molecule has 0 saturated heterocycles. The summed E-state index contributed by atoms with van der Waals surface area (Å²) in [4.78, 5) is 17.4. The molecule has 5 rings (SSSR count). The van der Waals surface area contributed by atoms with Crippen LogP contribution in [0.1, 0.15) is 28.8 Å². The lowest BCUT2D eigenvalue weighted by molar-refractivity contribution is 0.0774. The van der Waals surface area contributed by atoms with Gasteiger partial charge in [0.15, 0.2) is 0 Å². The quantitative estimate of drug-likeness (QED) is 0.304. The van der Waals surface area contributed by atoms with Gasteiger partial charge in [0, 0.05) is 17.8 Å². The molecule has 4 aromatic heterocycles. The lowest BCUT2D eigenvalue weighted by Gasteiger charge is -2.12. The Bertz CT molecular complexity index is 1470. The number of carbonyl (C=O) groups excluding carboxylic acids is 1. The van der Waals surface area contributed by atoms with Crippen LogP contribution in [0.5, 0.6) is 0 Å². The van der Waals surface area contributed by atoms with E-state index in [1.54, 1.807) is 21.5 Å². The summed E-state index contributed by atoms with van der Waals surface area (Å²) >= 11 is 0. The number of benzene rings is 1. The molecule has 10 nitrogen and oxygen atoms in total. The van der Waals surface area contributed by atoms with Gasteiger partial charge >= 0.3 is 0 Å². The van der Waals surface area contributed by atoms with Crippen LogP contribution < -0.4 is 5.32 Å². The zero-order valence-electron chi connectivity index (χ0n) is 19.1. The van der Waals surface area contributed by atoms with E-state index in [2.05, 4.69) is 15.4 Å². The summed E-state index contributed by atoms with van der Waals surface area (Å²) < 4.78 is 5.29. The van der Waals surface area contributed by atoms with E-state index in [4.69, 9.17) is 5.10 Å². The molecule has 1 aromatic carbocycles. The van der Waals surface area contributed by atoms with E-state index in [0.29, 0.717) is 30.0 Å². The largest absolute Gasteiger partial charge is 0.394 e. The summed E-state index contributed by atoms with van der Waals surface area (Å²) in [5.41, 5.74) is 4.43. The molecule has 11 heteroatoms. The summed E-state index contributed by atoms with van der Waals surface area (Å²) in [5, 5.41) is 32.0. The van der Waals surface area contributed by atoms with Gasteiger partial charge < -0.3 is 15.5 Å². The predicted molar refractivity (Wildman–Crippen MR) is 134 cm³/mol. The van der Waals surface area contributed by atoms with Crippen molar-refractivity contribution in [2.45, 2.75) is 32.5 Å². The average molecular weight is 496 g/mol.